The van der Waals surface area contributed by atoms with E-state index in [1.807, 2.05) is 90.2 Å². The lowest BCUT2D eigenvalue weighted by Crippen LogP contribution is -2.00. The standard InChI is InChI=1S/C45H25N3O2S/c1-2-12-26(13-3-1)43-46-44(32-19-10-22-35-39(32)31-15-4-6-21-34(31)49-35)48-45(47-43)33-20-11-24-37-41(33)40-28(16-9-23-36(40)50-37)30-18-8-17-29-27-14-5-7-25-38(27)51-42(29)30/h1-25H. The van der Waals surface area contributed by atoms with Crippen molar-refractivity contribution in [1.29, 1.82) is 0 Å². The molecule has 0 aliphatic carbocycles. The van der Waals surface area contributed by atoms with Crippen molar-refractivity contribution in [3.05, 3.63) is 152 Å². The number of thiophene rings is 1. The molecule has 0 fully saturated rings. The van der Waals surface area contributed by atoms with E-state index >= 15 is 0 Å². The van der Waals surface area contributed by atoms with Crippen LogP contribution in [0.1, 0.15) is 0 Å². The van der Waals surface area contributed by atoms with Crippen LogP contribution in [0.5, 0.6) is 0 Å². The van der Waals surface area contributed by atoms with Crippen molar-refractivity contribution in [2.45, 2.75) is 0 Å². The Labute approximate surface area is 295 Å². The van der Waals surface area contributed by atoms with E-state index in [9.17, 15) is 0 Å². The van der Waals surface area contributed by atoms with E-state index in [-0.39, 0.29) is 0 Å². The van der Waals surface area contributed by atoms with Crippen molar-refractivity contribution < 1.29 is 8.83 Å². The van der Waals surface area contributed by atoms with Gasteiger partial charge in [0.15, 0.2) is 17.5 Å². The van der Waals surface area contributed by atoms with E-state index in [0.717, 1.165) is 66.1 Å². The topological polar surface area (TPSA) is 65.0 Å². The monoisotopic (exact) mass is 671 g/mol. The second-order valence-electron chi connectivity index (χ2n) is 12.7. The number of para-hydroxylation sites is 1. The number of furan rings is 2. The van der Waals surface area contributed by atoms with Gasteiger partial charge < -0.3 is 8.83 Å². The van der Waals surface area contributed by atoms with Gasteiger partial charge >= 0.3 is 0 Å². The van der Waals surface area contributed by atoms with Crippen LogP contribution >= 0.6 is 11.3 Å². The van der Waals surface area contributed by atoms with Gasteiger partial charge in [0.05, 0.1) is 0 Å². The van der Waals surface area contributed by atoms with Gasteiger partial charge in [-0.3, -0.25) is 0 Å². The Balaban J connectivity index is 1.21. The van der Waals surface area contributed by atoms with Gasteiger partial charge in [-0.25, -0.2) is 15.0 Å². The van der Waals surface area contributed by atoms with Crippen molar-refractivity contribution in [3.8, 4) is 45.3 Å². The van der Waals surface area contributed by atoms with Gasteiger partial charge in [-0.2, -0.15) is 0 Å². The Hall–Kier alpha value is -6.63. The van der Waals surface area contributed by atoms with Crippen LogP contribution < -0.4 is 0 Å². The minimum absolute atomic E-state index is 0.576. The van der Waals surface area contributed by atoms with Gasteiger partial charge in [-0.15, -0.1) is 11.3 Å². The summed E-state index contributed by atoms with van der Waals surface area (Å²) < 4.78 is 15.4. The average Bonchev–Trinajstić information content (AvgIpc) is 3.89. The summed E-state index contributed by atoms with van der Waals surface area (Å²) in [7, 11) is 0. The number of aromatic nitrogens is 3. The number of fused-ring (bicyclic) bond motifs is 9. The normalized spacial score (nSPS) is 11.9. The highest BCUT2D eigenvalue weighted by molar-refractivity contribution is 7.26. The minimum atomic E-state index is 0.576. The molecule has 0 aliphatic rings. The van der Waals surface area contributed by atoms with Crippen LogP contribution in [-0.2, 0) is 0 Å². The lowest BCUT2D eigenvalue weighted by molar-refractivity contribution is 0.668. The lowest BCUT2D eigenvalue weighted by Gasteiger charge is -2.11. The van der Waals surface area contributed by atoms with E-state index in [1.165, 1.54) is 25.7 Å². The van der Waals surface area contributed by atoms with Gasteiger partial charge in [0.25, 0.3) is 0 Å². The molecule has 0 spiro atoms. The molecule has 0 atom stereocenters. The van der Waals surface area contributed by atoms with Gasteiger partial charge in [0.1, 0.15) is 22.3 Å². The maximum Gasteiger partial charge on any atom is 0.164 e. The SMILES string of the molecule is c1ccc(-c2nc(-c3cccc4oc5ccccc5c34)nc(-c3cccc4oc5cccc(-c6cccc7c6sc6ccccc67)c5c34)n2)cc1. The van der Waals surface area contributed by atoms with Crippen LogP contribution in [0.3, 0.4) is 0 Å². The van der Waals surface area contributed by atoms with Crippen molar-refractivity contribution in [2.24, 2.45) is 0 Å². The molecule has 0 aliphatic heterocycles. The smallest absolute Gasteiger partial charge is 0.164 e. The van der Waals surface area contributed by atoms with Gasteiger partial charge in [-0.1, -0.05) is 121 Å². The molecule has 5 nitrogen and oxygen atoms in total. The molecule has 6 heteroatoms. The van der Waals surface area contributed by atoms with Crippen LogP contribution in [0, 0.1) is 0 Å². The molecule has 0 unspecified atom stereocenters. The summed E-state index contributed by atoms with van der Waals surface area (Å²) in [6.07, 6.45) is 0. The fraction of sp³-hybridized carbons (Fsp3) is 0. The maximum atomic E-state index is 6.59. The summed E-state index contributed by atoms with van der Waals surface area (Å²) in [6, 6.07) is 51.9. The van der Waals surface area contributed by atoms with Crippen LogP contribution in [0.4, 0.5) is 0 Å². The zero-order valence-corrected chi connectivity index (χ0v) is 27.8. The molecule has 4 aromatic heterocycles. The molecule has 11 aromatic rings. The summed E-state index contributed by atoms with van der Waals surface area (Å²) in [5.41, 5.74) is 8.19. The summed E-state index contributed by atoms with van der Waals surface area (Å²) in [5.74, 6) is 1.75. The van der Waals surface area contributed by atoms with E-state index in [1.54, 1.807) is 0 Å². The second kappa shape index (κ2) is 10.9. The average molecular weight is 672 g/mol. The third-order valence-electron chi connectivity index (χ3n) is 9.77. The fourth-order valence-electron chi connectivity index (χ4n) is 7.53. The Bertz CT molecular complexity index is 3160. The van der Waals surface area contributed by atoms with Gasteiger partial charge in [-0.05, 0) is 35.9 Å². The molecule has 7 aromatic carbocycles. The molecule has 0 saturated carbocycles. The van der Waals surface area contributed by atoms with E-state index in [2.05, 4.69) is 72.8 Å². The maximum absolute atomic E-state index is 6.59. The van der Waals surface area contributed by atoms with Crippen LogP contribution in [0.2, 0.25) is 0 Å². The molecule has 0 saturated heterocycles. The number of rotatable bonds is 4. The van der Waals surface area contributed by atoms with E-state index < -0.39 is 0 Å². The number of hydrogen-bond donors (Lipinski definition) is 0. The quantitative estimate of drug-likeness (QED) is 0.186. The first-order valence-electron chi connectivity index (χ1n) is 16.9. The van der Waals surface area contributed by atoms with Crippen molar-refractivity contribution >= 4 is 75.4 Å². The van der Waals surface area contributed by atoms with Gasteiger partial charge in [0.2, 0.25) is 0 Å². The first-order valence-corrected chi connectivity index (χ1v) is 17.7. The predicted octanol–water partition coefficient (Wildman–Crippen LogP) is 12.7. The first kappa shape index (κ1) is 28.2. The Morgan fingerprint density at radius 1 is 0.353 bits per heavy atom. The summed E-state index contributed by atoms with van der Waals surface area (Å²) in [4.78, 5) is 15.5. The highest BCUT2D eigenvalue weighted by Crippen LogP contribution is 2.46. The Morgan fingerprint density at radius 3 is 1.65 bits per heavy atom. The summed E-state index contributed by atoms with van der Waals surface area (Å²) in [5, 5.41) is 6.55. The number of benzene rings is 7. The van der Waals surface area contributed by atoms with Crippen LogP contribution in [-0.4, -0.2) is 15.0 Å². The van der Waals surface area contributed by atoms with E-state index in [4.69, 9.17) is 23.8 Å². The molecule has 0 bridgehead atoms. The molecule has 0 amide bonds. The third kappa shape index (κ3) is 4.30. The van der Waals surface area contributed by atoms with Crippen molar-refractivity contribution in [3.63, 3.8) is 0 Å². The van der Waals surface area contributed by atoms with Gasteiger partial charge in [0, 0.05) is 64.0 Å². The highest BCUT2D eigenvalue weighted by atomic mass is 32.1. The van der Waals surface area contributed by atoms with Crippen molar-refractivity contribution in [2.75, 3.05) is 0 Å². The number of hydrogen-bond acceptors (Lipinski definition) is 6. The second-order valence-corrected chi connectivity index (χ2v) is 13.7. The molecule has 0 N–H and O–H groups in total. The summed E-state index contributed by atoms with van der Waals surface area (Å²) in [6.45, 7) is 0. The molecular weight excluding hydrogens is 647 g/mol. The zero-order valence-electron chi connectivity index (χ0n) is 27.0. The molecule has 0 radical (unpaired) electrons. The summed E-state index contributed by atoms with van der Waals surface area (Å²) >= 11 is 1.83. The fourth-order valence-corrected chi connectivity index (χ4v) is 8.76. The molecule has 11 rings (SSSR count). The van der Waals surface area contributed by atoms with Crippen molar-refractivity contribution in [1.82, 2.24) is 15.0 Å². The Morgan fingerprint density at radius 2 is 0.863 bits per heavy atom. The lowest BCUT2D eigenvalue weighted by atomic mass is 9.96. The Kier molecular flexibility index (Phi) is 6.05. The largest absolute Gasteiger partial charge is 0.456 e. The molecule has 51 heavy (non-hydrogen) atoms. The van der Waals surface area contributed by atoms with Crippen LogP contribution in [0.25, 0.3) is 109 Å². The molecule has 4 heterocycles. The minimum Gasteiger partial charge on any atom is -0.456 e. The van der Waals surface area contributed by atoms with Crippen LogP contribution in [0.15, 0.2) is 160 Å². The van der Waals surface area contributed by atoms with E-state index in [0.29, 0.717) is 17.5 Å². The first-order chi connectivity index (χ1) is 25.3. The third-order valence-corrected chi connectivity index (χ3v) is 11.0. The number of nitrogens with zero attached hydrogens (tertiary/aromatic N) is 3. The zero-order chi connectivity index (χ0) is 33.5. The predicted molar refractivity (Wildman–Crippen MR) is 209 cm³/mol. The molecule has 238 valence electrons. The molecular formula is C45H25N3O2S. The highest BCUT2D eigenvalue weighted by Gasteiger charge is 2.22.